The Morgan fingerprint density at radius 3 is 2.05 bits per heavy atom. The van der Waals surface area contributed by atoms with Gasteiger partial charge in [0.25, 0.3) is 0 Å². The van der Waals surface area contributed by atoms with Crippen molar-refractivity contribution in [2.24, 2.45) is 11.3 Å². The van der Waals surface area contributed by atoms with Crippen molar-refractivity contribution < 1.29 is 0 Å². The zero-order valence-corrected chi connectivity index (χ0v) is 14.4. The molecule has 0 fully saturated rings. The molecule has 0 amide bonds. The minimum Gasteiger partial charge on any atom is -0.144 e. The molecule has 1 unspecified atom stereocenters. The van der Waals surface area contributed by atoms with E-state index in [0.717, 1.165) is 0 Å². The lowest BCUT2D eigenvalue weighted by Crippen LogP contribution is -2.18. The Morgan fingerprint density at radius 2 is 1.60 bits per heavy atom. The summed E-state index contributed by atoms with van der Waals surface area (Å²) in [6.45, 7) is 6.98. The molecule has 0 aromatic carbocycles. The van der Waals surface area contributed by atoms with E-state index in [0.29, 0.717) is 5.92 Å². The first-order valence-corrected chi connectivity index (χ1v) is 9.36. The highest BCUT2D eigenvalue weighted by molar-refractivity contribution is 8.06. The average Bonchev–Trinajstić information content (AvgIpc) is 3.11. The number of rotatable bonds is 2. The smallest absolute Gasteiger partial charge is 0.0365 e. The van der Waals surface area contributed by atoms with Gasteiger partial charge in [-0.1, -0.05) is 39.0 Å². The van der Waals surface area contributed by atoms with Crippen molar-refractivity contribution in [3.63, 3.8) is 0 Å². The van der Waals surface area contributed by atoms with Gasteiger partial charge in [0.2, 0.25) is 0 Å². The summed E-state index contributed by atoms with van der Waals surface area (Å²) < 4.78 is 0. The molecule has 2 aromatic heterocycles. The molecule has 3 heteroatoms. The lowest BCUT2D eigenvalue weighted by atomic mass is 9.79. The largest absolute Gasteiger partial charge is 0.144 e. The Balaban J connectivity index is 2.17. The van der Waals surface area contributed by atoms with Crippen molar-refractivity contribution in [3.05, 3.63) is 61.2 Å². The third-order valence-electron chi connectivity index (χ3n) is 3.46. The molecule has 2 aromatic rings. The summed E-state index contributed by atoms with van der Waals surface area (Å²) in [7, 11) is 0. The van der Waals surface area contributed by atoms with E-state index in [1.165, 1.54) is 20.2 Å². The normalized spacial score (nSPS) is 18.8. The van der Waals surface area contributed by atoms with Crippen LogP contribution in [0.2, 0.25) is 0 Å². The molecule has 0 radical (unpaired) electrons. The third kappa shape index (κ3) is 2.67. The molecule has 3 heterocycles. The maximum Gasteiger partial charge on any atom is 0.0365 e. The average molecular weight is 319 g/mol. The van der Waals surface area contributed by atoms with Crippen LogP contribution in [0.4, 0.5) is 0 Å². The second-order valence-electron chi connectivity index (χ2n) is 5.98. The van der Waals surface area contributed by atoms with Crippen LogP contribution in [0.25, 0.3) is 5.57 Å². The summed E-state index contributed by atoms with van der Waals surface area (Å²) in [6.07, 6.45) is 2.36. The van der Waals surface area contributed by atoms with Crippen LogP contribution in [-0.4, -0.2) is 0 Å². The van der Waals surface area contributed by atoms with Crippen LogP contribution in [0.1, 0.15) is 30.5 Å². The van der Waals surface area contributed by atoms with Gasteiger partial charge in [0.05, 0.1) is 0 Å². The van der Waals surface area contributed by atoms with Crippen LogP contribution in [-0.2, 0) is 0 Å². The van der Waals surface area contributed by atoms with Gasteiger partial charge in [-0.05, 0) is 33.7 Å². The van der Waals surface area contributed by atoms with Gasteiger partial charge in [0.15, 0.2) is 0 Å². The standard InChI is InChI=1S/C17H18S3/c1-17(2,3)12-8-11-20-16(12)15(13-6-4-9-18-13)14-7-5-10-19-14/h4-12H,1-3H3. The molecule has 104 valence electrons. The van der Waals surface area contributed by atoms with Gasteiger partial charge in [-0.3, -0.25) is 0 Å². The summed E-state index contributed by atoms with van der Waals surface area (Å²) in [5.41, 5.74) is 1.69. The van der Waals surface area contributed by atoms with Gasteiger partial charge in [-0.2, -0.15) is 0 Å². The number of allylic oxidation sites excluding steroid dienone is 2. The van der Waals surface area contributed by atoms with Crippen LogP contribution in [0.5, 0.6) is 0 Å². The molecule has 0 nitrogen and oxygen atoms in total. The molecule has 0 aliphatic carbocycles. The van der Waals surface area contributed by atoms with Gasteiger partial charge in [0.1, 0.15) is 0 Å². The molecule has 0 N–H and O–H groups in total. The highest BCUT2D eigenvalue weighted by Crippen LogP contribution is 2.50. The highest BCUT2D eigenvalue weighted by Gasteiger charge is 2.32. The first-order chi connectivity index (χ1) is 9.57. The molecule has 0 spiro atoms. The lowest BCUT2D eigenvalue weighted by Gasteiger charge is -2.28. The minimum atomic E-state index is 0.259. The van der Waals surface area contributed by atoms with Crippen LogP contribution in [0.15, 0.2) is 51.4 Å². The molecule has 0 saturated carbocycles. The van der Waals surface area contributed by atoms with E-state index in [1.807, 2.05) is 34.4 Å². The van der Waals surface area contributed by atoms with Gasteiger partial charge in [0, 0.05) is 26.2 Å². The van der Waals surface area contributed by atoms with Crippen LogP contribution in [0, 0.1) is 11.3 Å². The number of hydrogen-bond acceptors (Lipinski definition) is 3. The van der Waals surface area contributed by atoms with Gasteiger partial charge in [-0.15, -0.1) is 34.4 Å². The van der Waals surface area contributed by atoms with Crippen molar-refractivity contribution in [3.8, 4) is 0 Å². The van der Waals surface area contributed by atoms with E-state index >= 15 is 0 Å². The fourth-order valence-corrected chi connectivity index (χ4v) is 5.54. The van der Waals surface area contributed by atoms with Crippen LogP contribution in [0.3, 0.4) is 0 Å². The summed E-state index contributed by atoms with van der Waals surface area (Å²) in [5, 5.41) is 6.59. The quantitative estimate of drug-likeness (QED) is 0.609. The molecule has 0 saturated heterocycles. The summed E-state index contributed by atoms with van der Waals surface area (Å²) in [6, 6.07) is 8.78. The Kier molecular flexibility index (Phi) is 3.93. The van der Waals surface area contributed by atoms with E-state index in [2.05, 4.69) is 67.3 Å². The highest BCUT2D eigenvalue weighted by atomic mass is 32.2. The topological polar surface area (TPSA) is 0 Å². The number of thiophene rings is 2. The Bertz CT molecular complexity index is 586. The zero-order chi connectivity index (χ0) is 14.2. The Hall–Kier alpha value is -0.770. The van der Waals surface area contributed by atoms with E-state index in [1.54, 1.807) is 0 Å². The lowest BCUT2D eigenvalue weighted by molar-refractivity contribution is 0.342. The minimum absolute atomic E-state index is 0.259. The maximum absolute atomic E-state index is 2.36. The first kappa shape index (κ1) is 14.2. The molecule has 0 bridgehead atoms. The molecule has 3 rings (SSSR count). The van der Waals surface area contributed by atoms with Crippen molar-refractivity contribution >= 4 is 40.0 Å². The SMILES string of the molecule is CC(C)(C)C1C=CSC1=C(c1cccs1)c1cccs1. The van der Waals surface area contributed by atoms with Crippen LogP contribution >= 0.6 is 34.4 Å². The fraction of sp³-hybridized carbons (Fsp3) is 0.294. The second kappa shape index (κ2) is 5.55. The molecule has 1 aliphatic rings. The second-order valence-corrected chi connectivity index (χ2v) is 8.83. The third-order valence-corrected chi connectivity index (χ3v) is 6.24. The Labute approximate surface area is 133 Å². The molecule has 1 atom stereocenters. The van der Waals surface area contributed by atoms with Crippen molar-refractivity contribution in [2.45, 2.75) is 20.8 Å². The molecular weight excluding hydrogens is 300 g/mol. The van der Waals surface area contributed by atoms with Crippen molar-refractivity contribution in [1.82, 2.24) is 0 Å². The van der Waals surface area contributed by atoms with E-state index in [9.17, 15) is 0 Å². The van der Waals surface area contributed by atoms with Crippen LogP contribution < -0.4 is 0 Å². The summed E-state index contributed by atoms with van der Waals surface area (Å²) >= 11 is 5.57. The maximum atomic E-state index is 2.36. The predicted octanol–water partition coefficient (Wildman–Crippen LogP) is 6.49. The molecule has 20 heavy (non-hydrogen) atoms. The predicted molar refractivity (Wildman–Crippen MR) is 94.3 cm³/mol. The number of thioether (sulfide) groups is 1. The Morgan fingerprint density at radius 1 is 1.00 bits per heavy atom. The number of hydrogen-bond donors (Lipinski definition) is 0. The molecular formula is C17H18S3. The van der Waals surface area contributed by atoms with Crippen molar-refractivity contribution in [1.29, 1.82) is 0 Å². The monoisotopic (exact) mass is 318 g/mol. The van der Waals surface area contributed by atoms with E-state index in [4.69, 9.17) is 0 Å². The molecule has 1 aliphatic heterocycles. The van der Waals surface area contributed by atoms with Gasteiger partial charge in [-0.25, -0.2) is 0 Å². The van der Waals surface area contributed by atoms with E-state index in [-0.39, 0.29) is 5.41 Å². The van der Waals surface area contributed by atoms with Gasteiger partial charge < -0.3 is 0 Å². The first-order valence-electron chi connectivity index (χ1n) is 6.72. The zero-order valence-electron chi connectivity index (χ0n) is 11.9. The fourth-order valence-electron chi connectivity index (χ4n) is 2.45. The van der Waals surface area contributed by atoms with Crippen molar-refractivity contribution in [2.75, 3.05) is 0 Å². The van der Waals surface area contributed by atoms with Gasteiger partial charge >= 0.3 is 0 Å². The summed E-state index contributed by atoms with van der Waals surface area (Å²) in [4.78, 5) is 4.27. The summed E-state index contributed by atoms with van der Waals surface area (Å²) in [5.74, 6) is 0.506. The van der Waals surface area contributed by atoms with E-state index < -0.39 is 0 Å².